The van der Waals surface area contributed by atoms with Crippen LogP contribution in [0.3, 0.4) is 0 Å². The van der Waals surface area contributed by atoms with Crippen molar-refractivity contribution >= 4 is 17.6 Å². The van der Waals surface area contributed by atoms with Crippen molar-refractivity contribution in [3.8, 4) is 0 Å². The molecule has 7 nitrogen and oxygen atoms in total. The summed E-state index contributed by atoms with van der Waals surface area (Å²) in [6.07, 6.45) is 4.19. The summed E-state index contributed by atoms with van der Waals surface area (Å²) >= 11 is 0. The van der Waals surface area contributed by atoms with Gasteiger partial charge < -0.3 is 21.1 Å². The zero-order valence-electron chi connectivity index (χ0n) is 13.3. The normalized spacial score (nSPS) is 17.1. The van der Waals surface area contributed by atoms with Crippen LogP contribution in [0.15, 0.2) is 0 Å². The Morgan fingerprint density at radius 2 is 1.82 bits per heavy atom. The molecule has 1 saturated heterocycles. The van der Waals surface area contributed by atoms with Gasteiger partial charge in [-0.05, 0) is 32.6 Å². The maximum absolute atomic E-state index is 12.3. The van der Waals surface area contributed by atoms with Gasteiger partial charge in [0.1, 0.15) is 6.04 Å². The zero-order valence-corrected chi connectivity index (χ0v) is 13.3. The van der Waals surface area contributed by atoms with E-state index in [0.29, 0.717) is 32.4 Å². The number of likely N-dealkylation sites (tertiary alicyclic amines) is 1. The minimum absolute atomic E-state index is 0.162. The average Bonchev–Trinajstić information content (AvgIpc) is 2.97. The van der Waals surface area contributed by atoms with Gasteiger partial charge in [-0.1, -0.05) is 6.42 Å². The van der Waals surface area contributed by atoms with Gasteiger partial charge in [0.25, 0.3) is 0 Å². The first-order valence-corrected chi connectivity index (χ1v) is 8.01. The van der Waals surface area contributed by atoms with Crippen LogP contribution < -0.4 is 11.1 Å². The van der Waals surface area contributed by atoms with Gasteiger partial charge in [-0.25, -0.2) is 0 Å². The number of amides is 2. The molecule has 0 aliphatic carbocycles. The van der Waals surface area contributed by atoms with E-state index >= 15 is 0 Å². The Hall–Kier alpha value is -1.63. The summed E-state index contributed by atoms with van der Waals surface area (Å²) in [7, 11) is 0. The largest absolute Gasteiger partial charge is 0.391 e. The highest BCUT2D eigenvalue weighted by Gasteiger charge is 2.30. The Balaban J connectivity index is 2.34. The van der Waals surface area contributed by atoms with Gasteiger partial charge in [0.05, 0.1) is 11.9 Å². The number of unbranched alkanes of at least 4 members (excludes halogenated alkanes) is 2. The Morgan fingerprint density at radius 3 is 2.36 bits per heavy atom. The molecule has 5 N–H and O–H groups in total. The van der Waals surface area contributed by atoms with Crippen molar-refractivity contribution in [2.45, 2.75) is 64.0 Å². The van der Waals surface area contributed by atoms with Crippen LogP contribution in [0.5, 0.6) is 0 Å². The first-order chi connectivity index (χ1) is 10.4. The number of hydrogen-bond acceptors (Lipinski definition) is 4. The smallest absolute Gasteiger partial charge is 0.247 e. The molecular formula is C15H28N4O3. The summed E-state index contributed by atoms with van der Waals surface area (Å²) in [5.74, 6) is -0.256. The molecule has 1 aliphatic heterocycles. The van der Waals surface area contributed by atoms with E-state index in [2.05, 4.69) is 5.32 Å². The summed E-state index contributed by atoms with van der Waals surface area (Å²) in [5.41, 5.74) is 5.26. The standard InChI is InChI=1S/C15H28N4O3/c1-11(20)14(15(22)19-9-5-6-10-19)18-13(21)8-4-2-3-7-12(16)17/h11,14,20H,2-10H2,1H3,(H3,16,17)(H,18,21)/t11-,14?/m1/s1. The number of nitrogens with two attached hydrogens (primary N) is 1. The van der Waals surface area contributed by atoms with E-state index in [-0.39, 0.29) is 17.6 Å². The average molecular weight is 312 g/mol. The Kier molecular flexibility index (Phi) is 7.87. The molecule has 1 fully saturated rings. The van der Waals surface area contributed by atoms with E-state index < -0.39 is 12.1 Å². The Morgan fingerprint density at radius 1 is 1.23 bits per heavy atom. The van der Waals surface area contributed by atoms with Gasteiger partial charge in [0.15, 0.2) is 0 Å². The van der Waals surface area contributed by atoms with Crippen molar-refractivity contribution in [3.63, 3.8) is 0 Å². The van der Waals surface area contributed by atoms with Crippen molar-refractivity contribution in [2.24, 2.45) is 5.73 Å². The van der Waals surface area contributed by atoms with Gasteiger partial charge in [-0.2, -0.15) is 0 Å². The number of hydrogen-bond donors (Lipinski definition) is 4. The molecule has 2 atom stereocenters. The number of aliphatic hydroxyl groups excluding tert-OH is 1. The first kappa shape index (κ1) is 18.4. The number of amidine groups is 1. The topological polar surface area (TPSA) is 120 Å². The lowest BCUT2D eigenvalue weighted by atomic mass is 10.1. The minimum atomic E-state index is -0.908. The van der Waals surface area contributed by atoms with Crippen LogP contribution in [0.1, 0.15) is 51.9 Å². The molecule has 1 aliphatic rings. The van der Waals surface area contributed by atoms with Crippen LogP contribution in [0.4, 0.5) is 0 Å². The van der Waals surface area contributed by atoms with Crippen LogP contribution in [0, 0.1) is 5.41 Å². The molecule has 0 radical (unpaired) electrons. The van der Waals surface area contributed by atoms with Crippen molar-refractivity contribution in [1.29, 1.82) is 5.41 Å². The van der Waals surface area contributed by atoms with Crippen LogP contribution >= 0.6 is 0 Å². The lowest BCUT2D eigenvalue weighted by molar-refractivity contribution is -0.138. The summed E-state index contributed by atoms with van der Waals surface area (Å²) in [5, 5.41) is 19.5. The second-order valence-corrected chi connectivity index (χ2v) is 5.90. The number of rotatable bonds is 9. The molecule has 126 valence electrons. The molecule has 0 aromatic carbocycles. The Bertz CT molecular complexity index is 392. The fraction of sp³-hybridized carbons (Fsp3) is 0.800. The number of nitrogens with one attached hydrogen (secondary N) is 2. The lowest BCUT2D eigenvalue weighted by Gasteiger charge is -2.26. The van der Waals surface area contributed by atoms with E-state index in [1.54, 1.807) is 4.90 Å². The maximum Gasteiger partial charge on any atom is 0.247 e. The van der Waals surface area contributed by atoms with E-state index in [1.165, 1.54) is 6.92 Å². The lowest BCUT2D eigenvalue weighted by Crippen LogP contribution is -2.53. The van der Waals surface area contributed by atoms with Gasteiger partial charge >= 0.3 is 0 Å². The third-order valence-corrected chi connectivity index (χ3v) is 3.83. The van der Waals surface area contributed by atoms with Crippen molar-refractivity contribution in [3.05, 3.63) is 0 Å². The summed E-state index contributed by atoms with van der Waals surface area (Å²) < 4.78 is 0. The highest BCUT2D eigenvalue weighted by atomic mass is 16.3. The highest BCUT2D eigenvalue weighted by molar-refractivity contribution is 5.88. The van der Waals surface area contributed by atoms with Crippen LogP contribution in [0.25, 0.3) is 0 Å². The molecule has 0 bridgehead atoms. The third-order valence-electron chi connectivity index (χ3n) is 3.83. The summed E-state index contributed by atoms with van der Waals surface area (Å²) in [4.78, 5) is 25.9. The zero-order chi connectivity index (χ0) is 16.5. The predicted octanol–water partition coefficient (Wildman–Crippen LogP) is 0.361. The second-order valence-electron chi connectivity index (χ2n) is 5.90. The highest BCUT2D eigenvalue weighted by Crippen LogP contribution is 2.11. The molecule has 0 spiro atoms. The second kappa shape index (κ2) is 9.40. The Labute approximate surface area is 131 Å². The molecule has 7 heteroatoms. The van der Waals surface area contributed by atoms with E-state index in [0.717, 1.165) is 25.7 Å². The van der Waals surface area contributed by atoms with Crippen LogP contribution in [0.2, 0.25) is 0 Å². The quantitative estimate of drug-likeness (QED) is 0.279. The monoisotopic (exact) mass is 312 g/mol. The van der Waals surface area contributed by atoms with E-state index in [4.69, 9.17) is 11.1 Å². The van der Waals surface area contributed by atoms with Crippen LogP contribution in [-0.4, -0.2) is 52.9 Å². The fourth-order valence-electron chi connectivity index (χ4n) is 2.55. The molecule has 0 aromatic heterocycles. The fourth-order valence-corrected chi connectivity index (χ4v) is 2.55. The van der Waals surface area contributed by atoms with Gasteiger partial charge in [-0.15, -0.1) is 0 Å². The van der Waals surface area contributed by atoms with Crippen molar-refractivity contribution < 1.29 is 14.7 Å². The number of carbonyl (C=O) groups excluding carboxylic acids is 2. The van der Waals surface area contributed by atoms with Crippen molar-refractivity contribution in [1.82, 2.24) is 10.2 Å². The predicted molar refractivity (Wildman–Crippen MR) is 84.4 cm³/mol. The SMILES string of the molecule is C[C@@H](O)C(NC(=O)CCCCCC(=N)N)C(=O)N1CCCC1. The van der Waals surface area contributed by atoms with Gasteiger partial charge in [-0.3, -0.25) is 15.0 Å². The first-order valence-electron chi connectivity index (χ1n) is 8.01. The maximum atomic E-state index is 12.3. The molecule has 1 heterocycles. The summed E-state index contributed by atoms with van der Waals surface area (Å²) in [6, 6.07) is -0.859. The summed E-state index contributed by atoms with van der Waals surface area (Å²) in [6.45, 7) is 2.91. The number of nitrogens with zero attached hydrogens (tertiary/aromatic N) is 1. The number of carbonyl (C=O) groups is 2. The van der Waals surface area contributed by atoms with Crippen molar-refractivity contribution in [2.75, 3.05) is 13.1 Å². The molecule has 1 rings (SSSR count). The number of aliphatic hydroxyl groups is 1. The molecule has 0 saturated carbocycles. The van der Waals surface area contributed by atoms with E-state index in [9.17, 15) is 14.7 Å². The molecule has 22 heavy (non-hydrogen) atoms. The molecule has 0 aromatic rings. The molecule has 2 amide bonds. The van der Waals surface area contributed by atoms with Gasteiger partial charge in [0.2, 0.25) is 11.8 Å². The van der Waals surface area contributed by atoms with Crippen LogP contribution in [-0.2, 0) is 9.59 Å². The van der Waals surface area contributed by atoms with E-state index in [1.807, 2.05) is 0 Å². The molecular weight excluding hydrogens is 284 g/mol. The third kappa shape index (κ3) is 6.43. The minimum Gasteiger partial charge on any atom is -0.391 e. The van der Waals surface area contributed by atoms with Gasteiger partial charge in [0, 0.05) is 25.9 Å². The molecule has 1 unspecified atom stereocenters.